The lowest BCUT2D eigenvalue weighted by Gasteiger charge is -2.33. The van der Waals surface area contributed by atoms with Gasteiger partial charge in [0.15, 0.2) is 0 Å². The summed E-state index contributed by atoms with van der Waals surface area (Å²) in [5.74, 6) is -0.242. The minimum Gasteiger partial charge on any atom is -0.331 e. The maximum absolute atomic E-state index is 12.4. The van der Waals surface area contributed by atoms with Gasteiger partial charge in [0, 0.05) is 37.9 Å². The lowest BCUT2D eigenvalue weighted by Crippen LogP contribution is -2.47. The van der Waals surface area contributed by atoms with Crippen LogP contribution in [-0.2, 0) is 4.79 Å². The van der Waals surface area contributed by atoms with Crippen LogP contribution in [-0.4, -0.2) is 48.9 Å². The maximum Gasteiger partial charge on any atom is 0.319 e. The van der Waals surface area contributed by atoms with Crippen LogP contribution in [0.1, 0.15) is 18.4 Å². The normalized spacial score (nSPS) is 18.0. The maximum atomic E-state index is 12.4. The second kappa shape index (κ2) is 7.01. The van der Waals surface area contributed by atoms with E-state index in [0.717, 1.165) is 18.4 Å². The number of urea groups is 1. The number of nitrogens with one attached hydrogen (secondary N) is 1. The molecule has 0 saturated carbocycles. The predicted octanol–water partition coefficient (Wildman–Crippen LogP) is 2.98. The van der Waals surface area contributed by atoms with E-state index in [1.807, 2.05) is 19.1 Å². The Balaban J connectivity index is 1.99. The summed E-state index contributed by atoms with van der Waals surface area (Å²) in [5.41, 5.74) is 1.66. The topological polar surface area (TPSA) is 52.7 Å². The molecule has 1 N–H and O–H groups in total. The van der Waals surface area contributed by atoms with Gasteiger partial charge in [-0.25, -0.2) is 4.79 Å². The van der Waals surface area contributed by atoms with E-state index < -0.39 is 0 Å². The highest BCUT2D eigenvalue weighted by atomic mass is 35.5. The molecule has 0 radical (unpaired) electrons. The van der Waals surface area contributed by atoms with Crippen LogP contribution in [0, 0.1) is 12.8 Å². The quantitative estimate of drug-likeness (QED) is 0.909. The summed E-state index contributed by atoms with van der Waals surface area (Å²) in [4.78, 5) is 27.7. The number of carbonyl (C=O) groups is 2. The fraction of sp³-hybridized carbons (Fsp3) is 0.500. The fourth-order valence-electron chi connectivity index (χ4n) is 2.56. The molecular formula is C16H22ClN3O2. The molecule has 1 atom stereocenters. The zero-order chi connectivity index (χ0) is 16.3. The summed E-state index contributed by atoms with van der Waals surface area (Å²) < 4.78 is 0. The van der Waals surface area contributed by atoms with Gasteiger partial charge < -0.3 is 15.1 Å². The van der Waals surface area contributed by atoms with Crippen molar-refractivity contribution in [3.8, 4) is 0 Å². The summed E-state index contributed by atoms with van der Waals surface area (Å²) in [5, 5.41) is 3.52. The Bertz CT molecular complexity index is 575. The molecule has 6 heteroatoms. The molecule has 2 rings (SSSR count). The Hall–Kier alpha value is -1.75. The molecule has 1 saturated heterocycles. The van der Waals surface area contributed by atoms with Crippen molar-refractivity contribution < 1.29 is 9.59 Å². The van der Waals surface area contributed by atoms with E-state index in [2.05, 4.69) is 5.32 Å². The fourth-order valence-corrected chi connectivity index (χ4v) is 2.74. The van der Waals surface area contributed by atoms with Crippen molar-refractivity contribution in [3.63, 3.8) is 0 Å². The summed E-state index contributed by atoms with van der Waals surface area (Å²) in [6.07, 6.45) is 1.63. The number of anilines is 1. The number of amides is 3. The number of aryl methyl sites for hydroxylation is 1. The number of hydrogen-bond donors (Lipinski definition) is 1. The molecule has 0 spiro atoms. The first-order chi connectivity index (χ1) is 10.4. The largest absolute Gasteiger partial charge is 0.331 e. The third-order valence-corrected chi connectivity index (χ3v) is 4.29. The molecule has 1 aromatic rings. The van der Waals surface area contributed by atoms with Gasteiger partial charge >= 0.3 is 6.03 Å². The average molecular weight is 324 g/mol. The van der Waals surface area contributed by atoms with E-state index in [-0.39, 0.29) is 17.9 Å². The number of piperidine rings is 1. The molecule has 3 amide bonds. The van der Waals surface area contributed by atoms with Gasteiger partial charge in [-0.2, -0.15) is 0 Å². The molecule has 1 aliphatic heterocycles. The highest BCUT2D eigenvalue weighted by Crippen LogP contribution is 2.23. The van der Waals surface area contributed by atoms with Crippen molar-refractivity contribution in [1.82, 2.24) is 9.80 Å². The van der Waals surface area contributed by atoms with Crippen LogP contribution in [0.15, 0.2) is 18.2 Å². The second-order valence-electron chi connectivity index (χ2n) is 5.92. The smallest absolute Gasteiger partial charge is 0.319 e. The van der Waals surface area contributed by atoms with Gasteiger partial charge in [-0.15, -0.1) is 0 Å². The summed E-state index contributed by atoms with van der Waals surface area (Å²) in [6, 6.07) is 5.42. The molecule has 0 unspecified atom stereocenters. The van der Waals surface area contributed by atoms with Crippen LogP contribution >= 0.6 is 11.6 Å². The summed E-state index contributed by atoms with van der Waals surface area (Å²) in [7, 11) is 3.45. The van der Waals surface area contributed by atoms with Crippen LogP contribution in [0.2, 0.25) is 5.02 Å². The van der Waals surface area contributed by atoms with Crippen molar-refractivity contribution >= 4 is 29.2 Å². The van der Waals surface area contributed by atoms with Gasteiger partial charge in [-0.05, 0) is 37.5 Å². The van der Waals surface area contributed by atoms with E-state index in [4.69, 9.17) is 11.6 Å². The third kappa shape index (κ3) is 3.91. The Morgan fingerprint density at radius 3 is 2.73 bits per heavy atom. The summed E-state index contributed by atoms with van der Waals surface area (Å²) in [6.45, 7) is 3.08. The number of likely N-dealkylation sites (tertiary alicyclic amines) is 1. The highest BCUT2D eigenvalue weighted by Gasteiger charge is 2.29. The number of hydrogen-bond acceptors (Lipinski definition) is 2. The van der Waals surface area contributed by atoms with Crippen LogP contribution in [0.4, 0.5) is 10.5 Å². The molecule has 22 heavy (non-hydrogen) atoms. The standard InChI is InChI=1S/C16H22ClN3O2/c1-11-6-7-13(9-14(11)17)18-15(21)12-5-4-8-20(10-12)16(22)19(2)3/h6-7,9,12H,4-5,8,10H2,1-3H3,(H,18,21)/t12-/m0/s1. The zero-order valence-electron chi connectivity index (χ0n) is 13.2. The zero-order valence-corrected chi connectivity index (χ0v) is 14.0. The first-order valence-corrected chi connectivity index (χ1v) is 7.79. The number of rotatable bonds is 2. The molecule has 5 nitrogen and oxygen atoms in total. The van der Waals surface area contributed by atoms with Gasteiger partial charge in [-0.1, -0.05) is 17.7 Å². The Labute approximate surface area is 136 Å². The van der Waals surface area contributed by atoms with Crippen LogP contribution < -0.4 is 5.32 Å². The van der Waals surface area contributed by atoms with Crippen molar-refractivity contribution in [1.29, 1.82) is 0 Å². The minimum atomic E-state index is -0.183. The first kappa shape index (κ1) is 16.6. The van der Waals surface area contributed by atoms with Gasteiger partial charge in [0.1, 0.15) is 0 Å². The molecular weight excluding hydrogens is 302 g/mol. The van der Waals surface area contributed by atoms with Crippen molar-refractivity contribution in [3.05, 3.63) is 28.8 Å². The van der Waals surface area contributed by atoms with Crippen molar-refractivity contribution in [2.24, 2.45) is 5.92 Å². The highest BCUT2D eigenvalue weighted by molar-refractivity contribution is 6.31. The predicted molar refractivity (Wildman–Crippen MR) is 88.2 cm³/mol. The van der Waals surface area contributed by atoms with E-state index in [1.54, 1.807) is 30.0 Å². The molecule has 1 aliphatic rings. The van der Waals surface area contributed by atoms with Crippen molar-refractivity contribution in [2.75, 3.05) is 32.5 Å². The Morgan fingerprint density at radius 1 is 1.36 bits per heavy atom. The summed E-state index contributed by atoms with van der Waals surface area (Å²) >= 11 is 6.07. The molecule has 1 aromatic carbocycles. The Morgan fingerprint density at radius 2 is 2.09 bits per heavy atom. The lowest BCUT2D eigenvalue weighted by atomic mass is 9.97. The first-order valence-electron chi connectivity index (χ1n) is 7.41. The lowest BCUT2D eigenvalue weighted by molar-refractivity contribution is -0.121. The molecule has 0 bridgehead atoms. The van der Waals surface area contributed by atoms with E-state index in [0.29, 0.717) is 23.8 Å². The van der Waals surface area contributed by atoms with Gasteiger partial charge in [0.05, 0.1) is 5.92 Å². The molecule has 1 fully saturated rings. The third-order valence-electron chi connectivity index (χ3n) is 3.88. The molecule has 120 valence electrons. The molecule has 1 heterocycles. The van der Waals surface area contributed by atoms with Gasteiger partial charge in [-0.3, -0.25) is 4.79 Å². The number of nitrogens with zero attached hydrogens (tertiary/aromatic N) is 2. The number of carbonyl (C=O) groups excluding carboxylic acids is 2. The van der Waals surface area contributed by atoms with Crippen molar-refractivity contribution in [2.45, 2.75) is 19.8 Å². The Kier molecular flexibility index (Phi) is 5.29. The number of halogens is 1. The number of benzene rings is 1. The SMILES string of the molecule is Cc1ccc(NC(=O)[C@H]2CCCN(C(=O)N(C)C)C2)cc1Cl. The minimum absolute atomic E-state index is 0.0455. The van der Waals surface area contributed by atoms with E-state index >= 15 is 0 Å². The van der Waals surface area contributed by atoms with Crippen LogP contribution in [0.3, 0.4) is 0 Å². The monoisotopic (exact) mass is 323 g/mol. The van der Waals surface area contributed by atoms with Crippen LogP contribution in [0.25, 0.3) is 0 Å². The average Bonchev–Trinajstić information content (AvgIpc) is 2.50. The van der Waals surface area contributed by atoms with Crippen LogP contribution in [0.5, 0.6) is 0 Å². The van der Waals surface area contributed by atoms with Gasteiger partial charge in [0.2, 0.25) is 5.91 Å². The molecule has 0 aromatic heterocycles. The van der Waals surface area contributed by atoms with Gasteiger partial charge in [0.25, 0.3) is 0 Å². The van der Waals surface area contributed by atoms with E-state index in [1.165, 1.54) is 0 Å². The second-order valence-corrected chi connectivity index (χ2v) is 6.32. The molecule has 0 aliphatic carbocycles. The van der Waals surface area contributed by atoms with E-state index in [9.17, 15) is 9.59 Å².